The zero-order valence-corrected chi connectivity index (χ0v) is 19.7. The Labute approximate surface area is 208 Å². The number of aromatic amines is 1. The number of carbonyl (C=O) groups excluding carboxylic acids is 2. The van der Waals surface area contributed by atoms with Crippen molar-refractivity contribution in [3.05, 3.63) is 66.4 Å². The second kappa shape index (κ2) is 9.11. The van der Waals surface area contributed by atoms with Crippen LogP contribution >= 0.6 is 0 Å². The Hall–Kier alpha value is -4.20. The summed E-state index contributed by atoms with van der Waals surface area (Å²) in [6, 6.07) is 15.4. The molecule has 2 saturated carbocycles. The summed E-state index contributed by atoms with van der Waals surface area (Å²) in [4.78, 5) is 37.4. The molecule has 2 aromatic carbocycles. The topological polar surface area (TPSA) is 120 Å². The smallest absolute Gasteiger partial charge is 0.256 e. The molecule has 8 heteroatoms. The van der Waals surface area contributed by atoms with Gasteiger partial charge in [-0.3, -0.25) is 9.59 Å². The van der Waals surface area contributed by atoms with Crippen LogP contribution in [0.4, 0.5) is 11.5 Å². The number of nitrogens with zero attached hydrogens (tertiary/aromatic N) is 2. The number of phenols is 1. The molecule has 2 heterocycles. The zero-order chi connectivity index (χ0) is 24.6. The summed E-state index contributed by atoms with van der Waals surface area (Å²) in [5.74, 6) is 2.70. The van der Waals surface area contributed by atoms with Gasteiger partial charge in [-0.25, -0.2) is 9.97 Å². The number of anilines is 2. The van der Waals surface area contributed by atoms with Gasteiger partial charge in [0.1, 0.15) is 17.4 Å². The molecule has 182 valence electrons. The summed E-state index contributed by atoms with van der Waals surface area (Å²) < 4.78 is 0. The maximum Gasteiger partial charge on any atom is 0.256 e. The van der Waals surface area contributed by atoms with Crippen LogP contribution in [0.25, 0.3) is 22.4 Å². The van der Waals surface area contributed by atoms with E-state index in [1.54, 1.807) is 24.4 Å². The molecule has 2 fully saturated rings. The lowest BCUT2D eigenvalue weighted by molar-refractivity contribution is -0.122. The van der Waals surface area contributed by atoms with E-state index in [1.807, 2.05) is 24.3 Å². The minimum Gasteiger partial charge on any atom is -0.508 e. The Bertz CT molecular complexity index is 1430. The van der Waals surface area contributed by atoms with E-state index in [1.165, 1.54) is 31.4 Å². The molecule has 2 aromatic heterocycles. The molecule has 2 amide bonds. The van der Waals surface area contributed by atoms with Gasteiger partial charge in [-0.2, -0.15) is 0 Å². The first-order valence-electron chi connectivity index (χ1n) is 12.4. The first-order chi connectivity index (χ1) is 17.5. The van der Waals surface area contributed by atoms with Gasteiger partial charge in [-0.1, -0.05) is 0 Å². The zero-order valence-electron chi connectivity index (χ0n) is 19.7. The van der Waals surface area contributed by atoms with Crippen LogP contribution in [-0.2, 0) is 4.79 Å². The van der Waals surface area contributed by atoms with E-state index in [9.17, 15) is 14.7 Å². The molecular formula is C28H27N5O3. The number of rotatable bonds is 5. The number of hydrogen-bond acceptors (Lipinski definition) is 5. The molecule has 3 unspecified atom stereocenters. The van der Waals surface area contributed by atoms with Gasteiger partial charge in [0.15, 0.2) is 0 Å². The predicted molar refractivity (Wildman–Crippen MR) is 138 cm³/mol. The predicted octanol–water partition coefficient (Wildman–Crippen LogP) is 5.35. The Morgan fingerprint density at radius 1 is 0.917 bits per heavy atom. The minimum absolute atomic E-state index is 0.0985. The van der Waals surface area contributed by atoms with E-state index in [2.05, 4.69) is 25.6 Å². The van der Waals surface area contributed by atoms with Crippen molar-refractivity contribution in [3.8, 4) is 17.1 Å². The Morgan fingerprint density at radius 3 is 2.39 bits per heavy atom. The number of amides is 2. The lowest BCUT2D eigenvalue weighted by Crippen LogP contribution is -2.37. The highest BCUT2D eigenvalue weighted by molar-refractivity contribution is 6.04. The van der Waals surface area contributed by atoms with Gasteiger partial charge in [0, 0.05) is 28.8 Å². The van der Waals surface area contributed by atoms with Crippen molar-refractivity contribution in [2.24, 2.45) is 17.8 Å². The fourth-order valence-electron chi connectivity index (χ4n) is 5.34. The summed E-state index contributed by atoms with van der Waals surface area (Å²) >= 11 is 0. The van der Waals surface area contributed by atoms with Crippen LogP contribution in [0.15, 0.2) is 60.8 Å². The van der Waals surface area contributed by atoms with Crippen molar-refractivity contribution in [2.45, 2.75) is 32.1 Å². The van der Waals surface area contributed by atoms with E-state index >= 15 is 0 Å². The SMILES string of the molecule is O=C(Nc1cc2nc(-c3ccc(NC(=O)C4CCC5CCC5C4)cc3)[nH]c2cn1)c1ccc(O)cc1. The quantitative estimate of drug-likeness (QED) is 0.306. The van der Waals surface area contributed by atoms with Gasteiger partial charge in [0.25, 0.3) is 5.91 Å². The molecule has 8 nitrogen and oxygen atoms in total. The average Bonchev–Trinajstić information content (AvgIpc) is 3.29. The second-order valence-corrected chi connectivity index (χ2v) is 9.85. The Morgan fingerprint density at radius 2 is 1.67 bits per heavy atom. The molecule has 0 saturated heterocycles. The molecule has 2 aliphatic carbocycles. The third kappa shape index (κ3) is 4.42. The number of phenolic OH excluding ortho intramolecular Hbond substituents is 1. The molecule has 0 aliphatic heterocycles. The van der Waals surface area contributed by atoms with Crippen LogP contribution in [0, 0.1) is 17.8 Å². The third-order valence-corrected chi connectivity index (χ3v) is 7.58. The molecule has 36 heavy (non-hydrogen) atoms. The minimum atomic E-state index is -0.323. The first kappa shape index (κ1) is 22.3. The molecule has 4 N–H and O–H groups in total. The Kier molecular flexibility index (Phi) is 5.64. The summed E-state index contributed by atoms with van der Waals surface area (Å²) in [6.45, 7) is 0. The lowest BCUT2D eigenvalue weighted by atomic mass is 9.62. The fraction of sp³-hybridized carbons (Fsp3) is 0.286. The van der Waals surface area contributed by atoms with Crippen molar-refractivity contribution in [3.63, 3.8) is 0 Å². The van der Waals surface area contributed by atoms with Gasteiger partial charge in [-0.15, -0.1) is 0 Å². The van der Waals surface area contributed by atoms with E-state index in [4.69, 9.17) is 0 Å². The molecule has 6 rings (SSSR count). The lowest BCUT2D eigenvalue weighted by Gasteiger charge is -2.43. The number of hydrogen-bond donors (Lipinski definition) is 4. The molecule has 0 radical (unpaired) electrons. The van der Waals surface area contributed by atoms with Crippen LogP contribution in [0.3, 0.4) is 0 Å². The van der Waals surface area contributed by atoms with Crippen molar-refractivity contribution < 1.29 is 14.7 Å². The van der Waals surface area contributed by atoms with Crippen LogP contribution in [0.1, 0.15) is 42.5 Å². The molecule has 2 aliphatic rings. The highest BCUT2D eigenvalue weighted by Gasteiger charge is 2.38. The second-order valence-electron chi connectivity index (χ2n) is 9.85. The summed E-state index contributed by atoms with van der Waals surface area (Å²) in [6.07, 6.45) is 7.46. The normalized spacial score (nSPS) is 20.8. The van der Waals surface area contributed by atoms with Crippen molar-refractivity contribution in [1.82, 2.24) is 15.0 Å². The van der Waals surface area contributed by atoms with Gasteiger partial charge in [0.05, 0.1) is 17.2 Å². The van der Waals surface area contributed by atoms with Crippen LogP contribution in [-0.4, -0.2) is 31.9 Å². The van der Waals surface area contributed by atoms with Gasteiger partial charge in [0.2, 0.25) is 5.91 Å². The molecule has 4 aromatic rings. The summed E-state index contributed by atoms with van der Waals surface area (Å²) in [7, 11) is 0. The Balaban J connectivity index is 1.12. The van der Waals surface area contributed by atoms with Crippen LogP contribution in [0.2, 0.25) is 0 Å². The highest BCUT2D eigenvalue weighted by Crippen LogP contribution is 2.47. The summed E-state index contributed by atoms with van der Waals surface area (Å²) in [5, 5.41) is 15.2. The van der Waals surface area contributed by atoms with E-state index in [0.717, 1.165) is 41.4 Å². The van der Waals surface area contributed by atoms with Crippen LogP contribution in [0.5, 0.6) is 5.75 Å². The number of H-pyrrole nitrogens is 1. The van der Waals surface area contributed by atoms with Gasteiger partial charge >= 0.3 is 0 Å². The first-order valence-corrected chi connectivity index (χ1v) is 12.4. The van der Waals surface area contributed by atoms with E-state index < -0.39 is 0 Å². The average molecular weight is 482 g/mol. The molecule has 0 spiro atoms. The van der Waals surface area contributed by atoms with Crippen molar-refractivity contribution in [1.29, 1.82) is 0 Å². The highest BCUT2D eigenvalue weighted by atomic mass is 16.3. The van der Waals surface area contributed by atoms with Crippen molar-refractivity contribution >= 4 is 34.4 Å². The van der Waals surface area contributed by atoms with E-state index in [0.29, 0.717) is 22.7 Å². The summed E-state index contributed by atoms with van der Waals surface area (Å²) in [5.41, 5.74) is 3.51. The third-order valence-electron chi connectivity index (χ3n) is 7.58. The largest absolute Gasteiger partial charge is 0.508 e. The number of aromatic nitrogens is 3. The number of benzene rings is 2. The number of pyridine rings is 1. The molecular weight excluding hydrogens is 454 g/mol. The van der Waals surface area contributed by atoms with Gasteiger partial charge < -0.3 is 20.7 Å². The van der Waals surface area contributed by atoms with E-state index in [-0.39, 0.29) is 23.5 Å². The molecule has 0 bridgehead atoms. The number of aromatic hydroxyl groups is 1. The van der Waals surface area contributed by atoms with Gasteiger partial charge in [-0.05, 0) is 92.5 Å². The van der Waals surface area contributed by atoms with Crippen LogP contribution < -0.4 is 10.6 Å². The fourth-order valence-corrected chi connectivity index (χ4v) is 5.34. The molecule has 3 atom stereocenters. The number of imidazole rings is 1. The standard InChI is InChI=1S/C28H27N5O3/c34-22-11-7-18(8-12-22)27(35)33-25-14-23-24(15-29-25)32-26(31-23)17-5-9-21(10-6-17)30-28(36)20-4-2-16-1-3-19(16)13-20/h5-12,14-16,19-20,34H,1-4,13H2,(H,30,36)(H,31,32)(H,29,33,35). The number of fused-ring (bicyclic) bond motifs is 2. The number of carbonyl (C=O) groups is 2. The maximum atomic E-state index is 12.8. The maximum absolute atomic E-state index is 12.8. The van der Waals surface area contributed by atoms with Crippen molar-refractivity contribution in [2.75, 3.05) is 10.6 Å². The monoisotopic (exact) mass is 481 g/mol. The number of nitrogens with one attached hydrogen (secondary N) is 3.